The molecule has 0 amide bonds. The number of hydrogen-bond donors (Lipinski definition) is 1. The Balaban J connectivity index is 2.35. The molecule has 84 valence electrons. The molecule has 0 aromatic rings. The summed E-state index contributed by atoms with van der Waals surface area (Å²) in [6.45, 7) is 12.8. The minimum absolute atomic E-state index is 0.400. The van der Waals surface area contributed by atoms with Gasteiger partial charge in [-0.3, -0.25) is 4.90 Å². The van der Waals surface area contributed by atoms with E-state index in [2.05, 4.69) is 37.9 Å². The zero-order valence-corrected chi connectivity index (χ0v) is 10.3. The molecule has 2 heteroatoms. The Kier molecular flexibility index (Phi) is 4.39. The van der Waals surface area contributed by atoms with Gasteiger partial charge in [-0.2, -0.15) is 0 Å². The molecule has 0 radical (unpaired) electrons. The topological polar surface area (TPSA) is 15.3 Å². The summed E-state index contributed by atoms with van der Waals surface area (Å²) in [5.74, 6) is 0. The molecule has 0 bridgehead atoms. The predicted octanol–water partition coefficient (Wildman–Crippen LogP) is 2.25. The number of nitrogens with zero attached hydrogens (tertiary/aromatic N) is 1. The summed E-state index contributed by atoms with van der Waals surface area (Å²) in [5.41, 5.74) is 0.400. The molecule has 1 rings (SSSR count). The van der Waals surface area contributed by atoms with Crippen LogP contribution in [0.4, 0.5) is 0 Å². The molecule has 0 spiro atoms. The van der Waals surface area contributed by atoms with Gasteiger partial charge in [0, 0.05) is 24.7 Å². The molecule has 1 heterocycles. The summed E-state index contributed by atoms with van der Waals surface area (Å²) in [4.78, 5) is 2.64. The van der Waals surface area contributed by atoms with Crippen LogP contribution in [0.2, 0.25) is 0 Å². The number of nitrogens with one attached hydrogen (secondary N) is 1. The highest BCUT2D eigenvalue weighted by atomic mass is 15.2. The van der Waals surface area contributed by atoms with Gasteiger partial charge in [-0.25, -0.2) is 0 Å². The maximum atomic E-state index is 3.55. The SMILES string of the molecule is CCNC1CCN(C(C)(C)CC)CC1. The zero-order valence-electron chi connectivity index (χ0n) is 10.3. The average molecular weight is 198 g/mol. The van der Waals surface area contributed by atoms with E-state index in [0.29, 0.717) is 5.54 Å². The van der Waals surface area contributed by atoms with Crippen LogP contribution < -0.4 is 5.32 Å². The van der Waals surface area contributed by atoms with Crippen LogP contribution in [-0.4, -0.2) is 36.1 Å². The second-order valence-electron chi connectivity index (χ2n) is 4.98. The van der Waals surface area contributed by atoms with E-state index in [1.54, 1.807) is 0 Å². The van der Waals surface area contributed by atoms with Crippen molar-refractivity contribution in [3.8, 4) is 0 Å². The van der Waals surface area contributed by atoms with E-state index in [-0.39, 0.29) is 0 Å². The smallest absolute Gasteiger partial charge is 0.0150 e. The first kappa shape index (κ1) is 12.0. The zero-order chi connectivity index (χ0) is 10.6. The molecule has 0 aromatic heterocycles. The molecule has 2 nitrogen and oxygen atoms in total. The Bertz CT molecular complexity index is 158. The lowest BCUT2D eigenvalue weighted by Gasteiger charge is -2.42. The second-order valence-corrected chi connectivity index (χ2v) is 4.98. The maximum Gasteiger partial charge on any atom is 0.0150 e. The van der Waals surface area contributed by atoms with Crippen molar-refractivity contribution in [2.24, 2.45) is 0 Å². The summed E-state index contributed by atoms with van der Waals surface area (Å²) >= 11 is 0. The molecule has 14 heavy (non-hydrogen) atoms. The van der Waals surface area contributed by atoms with E-state index in [9.17, 15) is 0 Å². The van der Waals surface area contributed by atoms with Crippen molar-refractivity contribution >= 4 is 0 Å². The van der Waals surface area contributed by atoms with Gasteiger partial charge in [-0.15, -0.1) is 0 Å². The molecular weight excluding hydrogens is 172 g/mol. The molecule has 0 unspecified atom stereocenters. The maximum absolute atomic E-state index is 3.55. The molecule has 1 N–H and O–H groups in total. The standard InChI is InChI=1S/C12H26N2/c1-5-12(3,4)14-9-7-11(8-10-14)13-6-2/h11,13H,5-10H2,1-4H3. The first-order valence-electron chi connectivity index (χ1n) is 6.08. The van der Waals surface area contributed by atoms with E-state index < -0.39 is 0 Å². The predicted molar refractivity (Wildman–Crippen MR) is 62.6 cm³/mol. The van der Waals surface area contributed by atoms with Gasteiger partial charge in [0.25, 0.3) is 0 Å². The lowest BCUT2D eigenvalue weighted by Crippen LogP contribution is -2.51. The average Bonchev–Trinajstić information content (AvgIpc) is 2.19. The van der Waals surface area contributed by atoms with Gasteiger partial charge in [0.2, 0.25) is 0 Å². The monoisotopic (exact) mass is 198 g/mol. The van der Waals surface area contributed by atoms with Crippen molar-refractivity contribution < 1.29 is 0 Å². The van der Waals surface area contributed by atoms with Crippen molar-refractivity contribution in [1.82, 2.24) is 10.2 Å². The molecule has 0 aromatic carbocycles. The van der Waals surface area contributed by atoms with Crippen LogP contribution in [-0.2, 0) is 0 Å². The van der Waals surface area contributed by atoms with Gasteiger partial charge in [0.15, 0.2) is 0 Å². The van der Waals surface area contributed by atoms with Crippen LogP contribution in [0, 0.1) is 0 Å². The Morgan fingerprint density at radius 1 is 1.21 bits per heavy atom. The Labute approximate surface area is 89.1 Å². The molecule has 1 saturated heterocycles. The fourth-order valence-corrected chi connectivity index (χ4v) is 2.20. The highest BCUT2D eigenvalue weighted by Gasteiger charge is 2.28. The summed E-state index contributed by atoms with van der Waals surface area (Å²) in [5, 5.41) is 3.55. The highest BCUT2D eigenvalue weighted by Crippen LogP contribution is 2.23. The van der Waals surface area contributed by atoms with Crippen LogP contribution in [0.3, 0.4) is 0 Å². The van der Waals surface area contributed by atoms with Crippen LogP contribution in [0.5, 0.6) is 0 Å². The van der Waals surface area contributed by atoms with Crippen LogP contribution >= 0.6 is 0 Å². The van der Waals surface area contributed by atoms with Gasteiger partial charge in [0.1, 0.15) is 0 Å². The van der Waals surface area contributed by atoms with Crippen molar-refractivity contribution in [3.05, 3.63) is 0 Å². The fraction of sp³-hybridized carbons (Fsp3) is 1.00. The Morgan fingerprint density at radius 3 is 2.21 bits per heavy atom. The van der Waals surface area contributed by atoms with E-state index in [0.717, 1.165) is 12.6 Å². The molecule has 0 aliphatic carbocycles. The molecule has 1 fully saturated rings. The minimum atomic E-state index is 0.400. The quantitative estimate of drug-likeness (QED) is 0.745. The summed E-state index contributed by atoms with van der Waals surface area (Å²) < 4.78 is 0. The van der Waals surface area contributed by atoms with Crippen LogP contribution in [0.25, 0.3) is 0 Å². The van der Waals surface area contributed by atoms with Crippen molar-refractivity contribution in [3.63, 3.8) is 0 Å². The highest BCUT2D eigenvalue weighted by molar-refractivity contribution is 4.86. The van der Waals surface area contributed by atoms with E-state index in [4.69, 9.17) is 0 Å². The van der Waals surface area contributed by atoms with Crippen molar-refractivity contribution in [1.29, 1.82) is 0 Å². The molecule has 1 aliphatic heterocycles. The van der Waals surface area contributed by atoms with Crippen molar-refractivity contribution in [2.75, 3.05) is 19.6 Å². The van der Waals surface area contributed by atoms with E-state index in [1.807, 2.05) is 0 Å². The molecular formula is C12H26N2. The van der Waals surface area contributed by atoms with Gasteiger partial charge in [-0.1, -0.05) is 13.8 Å². The summed E-state index contributed by atoms with van der Waals surface area (Å²) in [7, 11) is 0. The lowest BCUT2D eigenvalue weighted by atomic mass is 9.94. The minimum Gasteiger partial charge on any atom is -0.314 e. The van der Waals surface area contributed by atoms with E-state index >= 15 is 0 Å². The first-order chi connectivity index (χ1) is 6.60. The van der Waals surface area contributed by atoms with Gasteiger partial charge in [-0.05, 0) is 39.7 Å². The largest absolute Gasteiger partial charge is 0.314 e. The second kappa shape index (κ2) is 5.13. The third kappa shape index (κ3) is 2.96. The van der Waals surface area contributed by atoms with Gasteiger partial charge in [0.05, 0.1) is 0 Å². The van der Waals surface area contributed by atoms with E-state index in [1.165, 1.54) is 32.4 Å². The van der Waals surface area contributed by atoms with Gasteiger partial charge >= 0.3 is 0 Å². The fourth-order valence-electron chi connectivity index (χ4n) is 2.20. The normalized spacial score (nSPS) is 21.4. The number of piperidine rings is 1. The van der Waals surface area contributed by atoms with Gasteiger partial charge < -0.3 is 5.32 Å². The number of rotatable bonds is 4. The lowest BCUT2D eigenvalue weighted by molar-refractivity contribution is 0.0802. The Morgan fingerprint density at radius 2 is 1.79 bits per heavy atom. The Hall–Kier alpha value is -0.0800. The summed E-state index contributed by atoms with van der Waals surface area (Å²) in [6, 6.07) is 0.768. The number of likely N-dealkylation sites (tertiary alicyclic amines) is 1. The first-order valence-corrected chi connectivity index (χ1v) is 6.08. The molecule has 0 atom stereocenters. The van der Waals surface area contributed by atoms with Crippen LogP contribution in [0.1, 0.15) is 47.0 Å². The molecule has 0 saturated carbocycles. The third-order valence-corrected chi connectivity index (χ3v) is 3.71. The number of hydrogen-bond acceptors (Lipinski definition) is 2. The third-order valence-electron chi connectivity index (χ3n) is 3.71. The molecule has 1 aliphatic rings. The van der Waals surface area contributed by atoms with Crippen LogP contribution in [0.15, 0.2) is 0 Å². The van der Waals surface area contributed by atoms with Crippen molar-refractivity contribution in [2.45, 2.75) is 58.5 Å². The summed E-state index contributed by atoms with van der Waals surface area (Å²) in [6.07, 6.45) is 3.88.